The Hall–Kier alpha value is -1.16. The third-order valence-electron chi connectivity index (χ3n) is 3.49. The predicted molar refractivity (Wildman–Crippen MR) is 81.9 cm³/mol. The third kappa shape index (κ3) is 4.17. The highest BCUT2D eigenvalue weighted by molar-refractivity contribution is 5.36. The molecule has 2 heterocycles. The lowest BCUT2D eigenvalue weighted by atomic mass is 10.1. The van der Waals surface area contributed by atoms with Crippen molar-refractivity contribution in [3.8, 4) is 0 Å². The number of aromatic nitrogens is 2. The smallest absolute Gasteiger partial charge is 0.159 e. The first-order valence-electron chi connectivity index (χ1n) is 7.85. The molecule has 0 amide bonds. The molecule has 4 nitrogen and oxygen atoms in total. The molecule has 0 radical (unpaired) electrons. The highest BCUT2D eigenvalue weighted by Gasteiger charge is 2.26. The van der Waals surface area contributed by atoms with E-state index in [2.05, 4.69) is 44.1 Å². The van der Waals surface area contributed by atoms with Gasteiger partial charge in [0.25, 0.3) is 0 Å². The van der Waals surface area contributed by atoms with E-state index in [-0.39, 0.29) is 6.10 Å². The van der Waals surface area contributed by atoms with Crippen molar-refractivity contribution in [3.63, 3.8) is 0 Å². The minimum atomic E-state index is 0.0688. The van der Waals surface area contributed by atoms with E-state index in [1.807, 2.05) is 0 Å². The number of hydrogen-bond donors (Lipinski definition) is 1. The van der Waals surface area contributed by atoms with Gasteiger partial charge < -0.3 is 10.1 Å². The summed E-state index contributed by atoms with van der Waals surface area (Å²) in [5.74, 6) is 2.39. The summed E-state index contributed by atoms with van der Waals surface area (Å²) < 4.78 is 5.91. The monoisotopic (exact) mass is 277 g/mol. The van der Waals surface area contributed by atoms with Gasteiger partial charge in [-0.1, -0.05) is 20.8 Å². The molecule has 2 rings (SSSR count). The van der Waals surface area contributed by atoms with Gasteiger partial charge in [-0.05, 0) is 38.5 Å². The van der Waals surface area contributed by atoms with Crippen LogP contribution in [0.1, 0.15) is 64.6 Å². The fraction of sp³-hybridized carbons (Fsp3) is 0.750. The summed E-state index contributed by atoms with van der Waals surface area (Å²) in [5, 5.41) is 3.38. The molecule has 0 bridgehead atoms. The van der Waals surface area contributed by atoms with Gasteiger partial charge >= 0.3 is 0 Å². The molecule has 1 aliphatic heterocycles. The molecule has 1 fully saturated rings. The first kappa shape index (κ1) is 15.2. The van der Waals surface area contributed by atoms with Crippen molar-refractivity contribution in [2.24, 2.45) is 5.92 Å². The molecule has 2 atom stereocenters. The summed E-state index contributed by atoms with van der Waals surface area (Å²) in [4.78, 5) is 9.37. The second-order valence-electron chi connectivity index (χ2n) is 6.14. The van der Waals surface area contributed by atoms with Crippen LogP contribution in [0.5, 0.6) is 0 Å². The van der Waals surface area contributed by atoms with Crippen LogP contribution in [0.25, 0.3) is 0 Å². The van der Waals surface area contributed by atoms with E-state index in [4.69, 9.17) is 9.72 Å². The molecule has 1 saturated heterocycles. The third-order valence-corrected chi connectivity index (χ3v) is 3.49. The molecule has 1 aliphatic rings. The van der Waals surface area contributed by atoms with E-state index in [1.54, 1.807) is 0 Å². The minimum absolute atomic E-state index is 0.0688. The number of ether oxygens (including phenoxy) is 1. The van der Waals surface area contributed by atoms with Crippen molar-refractivity contribution in [2.45, 2.75) is 65.6 Å². The molecule has 4 heteroatoms. The number of anilines is 1. The molecule has 112 valence electrons. The Morgan fingerprint density at radius 2 is 2.15 bits per heavy atom. The molecule has 0 spiro atoms. The summed E-state index contributed by atoms with van der Waals surface area (Å²) in [6.45, 7) is 9.66. The Bertz CT molecular complexity index is 434. The highest BCUT2D eigenvalue weighted by Crippen LogP contribution is 2.31. The maximum absolute atomic E-state index is 5.91. The van der Waals surface area contributed by atoms with E-state index in [0.29, 0.717) is 12.0 Å². The lowest BCUT2D eigenvalue weighted by Crippen LogP contribution is -2.12. The van der Waals surface area contributed by atoms with Gasteiger partial charge in [0.15, 0.2) is 5.82 Å². The lowest BCUT2D eigenvalue weighted by molar-refractivity contribution is 0.0502. The van der Waals surface area contributed by atoms with Crippen LogP contribution in [0.3, 0.4) is 0 Å². The van der Waals surface area contributed by atoms with Crippen LogP contribution in [-0.4, -0.2) is 22.6 Å². The topological polar surface area (TPSA) is 47.0 Å². The first-order chi connectivity index (χ1) is 9.58. The molecule has 2 unspecified atom stereocenters. The standard InChI is InChI=1S/C16H27N3O/c1-5-8-17-15-10-13(9-11(2)3)18-16(19-15)14-7-6-12(4)20-14/h10-12,14H,5-9H2,1-4H3,(H,17,18,19). The Balaban J connectivity index is 2.20. The van der Waals surface area contributed by atoms with Crippen molar-refractivity contribution in [2.75, 3.05) is 11.9 Å². The van der Waals surface area contributed by atoms with Gasteiger partial charge in [0.1, 0.15) is 11.9 Å². The van der Waals surface area contributed by atoms with Gasteiger partial charge in [-0.2, -0.15) is 0 Å². The van der Waals surface area contributed by atoms with E-state index in [1.165, 1.54) is 0 Å². The van der Waals surface area contributed by atoms with Gasteiger partial charge in [-0.25, -0.2) is 9.97 Å². The fourth-order valence-corrected chi connectivity index (χ4v) is 2.52. The van der Waals surface area contributed by atoms with Gasteiger partial charge in [0.2, 0.25) is 0 Å². The predicted octanol–water partition coefficient (Wildman–Crippen LogP) is 3.74. The van der Waals surface area contributed by atoms with Gasteiger partial charge in [-0.15, -0.1) is 0 Å². The Morgan fingerprint density at radius 3 is 2.75 bits per heavy atom. The number of rotatable bonds is 6. The summed E-state index contributed by atoms with van der Waals surface area (Å²) in [5.41, 5.74) is 1.12. The summed E-state index contributed by atoms with van der Waals surface area (Å²) in [6, 6.07) is 2.08. The van der Waals surface area contributed by atoms with Crippen LogP contribution in [-0.2, 0) is 11.2 Å². The average molecular weight is 277 g/mol. The Morgan fingerprint density at radius 1 is 1.35 bits per heavy atom. The normalized spacial score (nSPS) is 22.4. The first-order valence-corrected chi connectivity index (χ1v) is 7.85. The number of nitrogens with zero attached hydrogens (tertiary/aromatic N) is 2. The molecule has 20 heavy (non-hydrogen) atoms. The lowest BCUT2D eigenvalue weighted by Gasteiger charge is -2.14. The fourth-order valence-electron chi connectivity index (χ4n) is 2.52. The second-order valence-corrected chi connectivity index (χ2v) is 6.14. The van der Waals surface area contributed by atoms with Crippen LogP contribution in [0.15, 0.2) is 6.07 Å². The van der Waals surface area contributed by atoms with Crippen LogP contribution >= 0.6 is 0 Å². The highest BCUT2D eigenvalue weighted by atomic mass is 16.5. The molecule has 1 N–H and O–H groups in total. The molecule has 0 aromatic carbocycles. The Labute approximate surface area is 122 Å². The van der Waals surface area contributed by atoms with E-state index in [0.717, 1.165) is 49.6 Å². The van der Waals surface area contributed by atoms with Crippen molar-refractivity contribution in [3.05, 3.63) is 17.6 Å². The molecular formula is C16H27N3O. The molecule has 0 aliphatic carbocycles. The molecule has 1 aromatic heterocycles. The van der Waals surface area contributed by atoms with Gasteiger partial charge in [0.05, 0.1) is 6.10 Å². The van der Waals surface area contributed by atoms with Crippen LogP contribution in [0.4, 0.5) is 5.82 Å². The molecule has 0 saturated carbocycles. The summed E-state index contributed by atoms with van der Waals surface area (Å²) in [7, 11) is 0. The maximum Gasteiger partial charge on any atom is 0.159 e. The number of nitrogens with one attached hydrogen (secondary N) is 1. The van der Waals surface area contributed by atoms with Crippen LogP contribution in [0.2, 0.25) is 0 Å². The van der Waals surface area contributed by atoms with Crippen LogP contribution < -0.4 is 5.32 Å². The van der Waals surface area contributed by atoms with Crippen molar-refractivity contribution >= 4 is 5.82 Å². The van der Waals surface area contributed by atoms with Crippen LogP contribution in [0, 0.1) is 5.92 Å². The van der Waals surface area contributed by atoms with Crippen molar-refractivity contribution in [1.82, 2.24) is 9.97 Å². The summed E-state index contributed by atoms with van der Waals surface area (Å²) in [6.07, 6.45) is 4.59. The second kappa shape index (κ2) is 7.02. The van der Waals surface area contributed by atoms with E-state index in [9.17, 15) is 0 Å². The van der Waals surface area contributed by atoms with E-state index < -0.39 is 0 Å². The minimum Gasteiger partial charge on any atom is -0.370 e. The van der Waals surface area contributed by atoms with E-state index >= 15 is 0 Å². The maximum atomic E-state index is 5.91. The number of hydrogen-bond acceptors (Lipinski definition) is 4. The molecular weight excluding hydrogens is 250 g/mol. The Kier molecular flexibility index (Phi) is 5.35. The quantitative estimate of drug-likeness (QED) is 0.860. The largest absolute Gasteiger partial charge is 0.370 e. The average Bonchev–Trinajstić information content (AvgIpc) is 2.82. The zero-order valence-electron chi connectivity index (χ0n) is 13.1. The molecule has 1 aromatic rings. The van der Waals surface area contributed by atoms with Crippen molar-refractivity contribution < 1.29 is 4.74 Å². The summed E-state index contributed by atoms with van der Waals surface area (Å²) >= 11 is 0. The zero-order chi connectivity index (χ0) is 14.5. The van der Waals surface area contributed by atoms with Gasteiger partial charge in [0, 0.05) is 18.3 Å². The zero-order valence-corrected chi connectivity index (χ0v) is 13.1. The SMILES string of the molecule is CCCNc1cc(CC(C)C)nc(C2CCC(C)O2)n1. The van der Waals surface area contributed by atoms with Gasteiger partial charge in [-0.3, -0.25) is 0 Å². The van der Waals surface area contributed by atoms with Crippen molar-refractivity contribution in [1.29, 1.82) is 0 Å².